The van der Waals surface area contributed by atoms with E-state index in [0.717, 1.165) is 32.5 Å². The SMILES string of the molecule is CCCN(C/C=C/CCCOC(=O)c1ccc(C(C)(C)C)cc1)CCC. The van der Waals surface area contributed by atoms with Crippen LogP contribution in [0.15, 0.2) is 36.4 Å². The summed E-state index contributed by atoms with van der Waals surface area (Å²) in [5.41, 5.74) is 1.95. The normalized spacial score (nSPS) is 12.1. The maximum atomic E-state index is 12.1. The van der Waals surface area contributed by atoms with Gasteiger partial charge < -0.3 is 4.74 Å². The summed E-state index contributed by atoms with van der Waals surface area (Å²) < 4.78 is 5.38. The van der Waals surface area contributed by atoms with E-state index in [-0.39, 0.29) is 11.4 Å². The van der Waals surface area contributed by atoms with Gasteiger partial charge >= 0.3 is 5.97 Å². The molecule has 0 fully saturated rings. The van der Waals surface area contributed by atoms with Gasteiger partial charge in [0.05, 0.1) is 12.2 Å². The van der Waals surface area contributed by atoms with Crippen molar-refractivity contribution in [2.45, 2.75) is 65.7 Å². The first kappa shape index (κ1) is 22.4. The second-order valence-corrected chi connectivity index (χ2v) is 7.88. The lowest BCUT2D eigenvalue weighted by molar-refractivity contribution is 0.0501. The zero-order valence-electron chi connectivity index (χ0n) is 17.4. The number of esters is 1. The number of benzene rings is 1. The lowest BCUT2D eigenvalue weighted by Gasteiger charge is -2.19. The average Bonchev–Trinajstić information content (AvgIpc) is 2.60. The summed E-state index contributed by atoms with van der Waals surface area (Å²) in [7, 11) is 0. The van der Waals surface area contributed by atoms with Crippen LogP contribution < -0.4 is 0 Å². The van der Waals surface area contributed by atoms with Crippen LogP contribution >= 0.6 is 0 Å². The number of unbranched alkanes of at least 4 members (excludes halogenated alkanes) is 1. The van der Waals surface area contributed by atoms with Crippen LogP contribution in [-0.4, -0.2) is 37.1 Å². The Morgan fingerprint density at radius 1 is 1.04 bits per heavy atom. The average molecular weight is 360 g/mol. The quantitative estimate of drug-likeness (QED) is 0.293. The van der Waals surface area contributed by atoms with Crippen molar-refractivity contribution >= 4 is 5.97 Å². The summed E-state index contributed by atoms with van der Waals surface area (Å²) in [5, 5.41) is 0. The monoisotopic (exact) mass is 359 g/mol. The van der Waals surface area contributed by atoms with Gasteiger partial charge in [-0.1, -0.05) is 58.9 Å². The Kier molecular flexibility index (Phi) is 10.3. The standard InChI is InChI=1S/C23H37NO2/c1-6-16-24(17-7-2)18-10-8-9-11-19-26-22(25)20-12-14-21(15-13-20)23(3,4)5/h8,10,12-15H,6-7,9,11,16-19H2,1-5H3/b10-8+. The van der Waals surface area contributed by atoms with Gasteiger partial charge in [0.25, 0.3) is 0 Å². The van der Waals surface area contributed by atoms with E-state index in [2.05, 4.69) is 51.7 Å². The van der Waals surface area contributed by atoms with Crippen LogP contribution in [0.4, 0.5) is 0 Å². The van der Waals surface area contributed by atoms with Crippen LogP contribution in [-0.2, 0) is 10.2 Å². The van der Waals surface area contributed by atoms with E-state index >= 15 is 0 Å². The van der Waals surface area contributed by atoms with Crippen LogP contribution in [0.5, 0.6) is 0 Å². The molecule has 26 heavy (non-hydrogen) atoms. The van der Waals surface area contributed by atoms with E-state index in [0.29, 0.717) is 12.2 Å². The Balaban J connectivity index is 2.26. The van der Waals surface area contributed by atoms with Crippen LogP contribution in [0.2, 0.25) is 0 Å². The summed E-state index contributed by atoms with van der Waals surface area (Å²) in [6, 6.07) is 7.74. The molecule has 146 valence electrons. The number of allylic oxidation sites excluding steroid dienone is 1. The number of rotatable bonds is 11. The van der Waals surface area contributed by atoms with Crippen molar-refractivity contribution in [3.8, 4) is 0 Å². The highest BCUT2D eigenvalue weighted by Gasteiger charge is 2.14. The fourth-order valence-electron chi connectivity index (χ4n) is 2.82. The highest BCUT2D eigenvalue weighted by molar-refractivity contribution is 5.89. The number of carbonyl (C=O) groups is 1. The van der Waals surface area contributed by atoms with Crippen LogP contribution in [0, 0.1) is 0 Å². The van der Waals surface area contributed by atoms with E-state index in [1.165, 1.54) is 18.4 Å². The number of hydrogen-bond acceptors (Lipinski definition) is 3. The molecule has 0 atom stereocenters. The number of carbonyl (C=O) groups excluding carboxylic acids is 1. The van der Waals surface area contributed by atoms with Gasteiger partial charge in [0, 0.05) is 6.54 Å². The maximum absolute atomic E-state index is 12.1. The zero-order valence-corrected chi connectivity index (χ0v) is 17.4. The molecule has 1 rings (SSSR count). The molecule has 0 N–H and O–H groups in total. The Morgan fingerprint density at radius 2 is 1.65 bits per heavy atom. The summed E-state index contributed by atoms with van der Waals surface area (Å²) >= 11 is 0. The second-order valence-electron chi connectivity index (χ2n) is 7.88. The summed E-state index contributed by atoms with van der Waals surface area (Å²) in [6.45, 7) is 14.7. The fourth-order valence-corrected chi connectivity index (χ4v) is 2.82. The number of ether oxygens (including phenoxy) is 1. The van der Waals surface area contributed by atoms with Gasteiger partial charge in [0.15, 0.2) is 0 Å². The Morgan fingerprint density at radius 3 is 2.19 bits per heavy atom. The molecule has 0 aliphatic carbocycles. The van der Waals surface area contributed by atoms with Crippen molar-refractivity contribution < 1.29 is 9.53 Å². The van der Waals surface area contributed by atoms with E-state index in [1.807, 2.05) is 24.3 Å². The molecule has 0 unspecified atom stereocenters. The van der Waals surface area contributed by atoms with E-state index in [1.54, 1.807) is 0 Å². The van der Waals surface area contributed by atoms with Crippen molar-refractivity contribution in [3.05, 3.63) is 47.5 Å². The van der Waals surface area contributed by atoms with Crippen molar-refractivity contribution in [1.29, 1.82) is 0 Å². The first-order valence-electron chi connectivity index (χ1n) is 10.0. The predicted molar refractivity (Wildman–Crippen MR) is 111 cm³/mol. The number of hydrogen-bond donors (Lipinski definition) is 0. The second kappa shape index (κ2) is 11.9. The minimum absolute atomic E-state index is 0.0958. The highest BCUT2D eigenvalue weighted by atomic mass is 16.5. The Labute approximate surface area is 160 Å². The Hall–Kier alpha value is -1.61. The van der Waals surface area contributed by atoms with Gasteiger partial charge in [0.1, 0.15) is 0 Å². The molecule has 0 aliphatic heterocycles. The molecule has 1 aromatic carbocycles. The minimum Gasteiger partial charge on any atom is -0.462 e. The maximum Gasteiger partial charge on any atom is 0.338 e. The van der Waals surface area contributed by atoms with Gasteiger partial charge in [-0.15, -0.1) is 0 Å². The molecule has 0 bridgehead atoms. The molecular weight excluding hydrogens is 322 g/mol. The van der Waals surface area contributed by atoms with Crippen molar-refractivity contribution in [1.82, 2.24) is 4.90 Å². The van der Waals surface area contributed by atoms with E-state index in [9.17, 15) is 4.79 Å². The molecule has 0 saturated heterocycles. The lowest BCUT2D eigenvalue weighted by atomic mass is 9.87. The van der Waals surface area contributed by atoms with E-state index < -0.39 is 0 Å². The smallest absolute Gasteiger partial charge is 0.338 e. The van der Waals surface area contributed by atoms with Crippen molar-refractivity contribution in [2.75, 3.05) is 26.2 Å². The molecule has 0 heterocycles. The molecule has 1 aromatic rings. The number of nitrogens with zero attached hydrogens (tertiary/aromatic N) is 1. The molecular formula is C23H37NO2. The molecule has 3 heteroatoms. The van der Waals surface area contributed by atoms with Gasteiger partial charge in [-0.2, -0.15) is 0 Å². The molecule has 0 aromatic heterocycles. The topological polar surface area (TPSA) is 29.5 Å². The first-order valence-corrected chi connectivity index (χ1v) is 10.0. The van der Waals surface area contributed by atoms with Crippen molar-refractivity contribution in [2.24, 2.45) is 0 Å². The van der Waals surface area contributed by atoms with Gasteiger partial charge in [0.2, 0.25) is 0 Å². The van der Waals surface area contributed by atoms with Gasteiger partial charge in [-0.25, -0.2) is 4.79 Å². The molecule has 0 spiro atoms. The Bertz CT molecular complexity index is 534. The van der Waals surface area contributed by atoms with Gasteiger partial charge in [-0.05, 0) is 61.9 Å². The molecule has 0 saturated carbocycles. The lowest BCUT2D eigenvalue weighted by Crippen LogP contribution is -2.25. The third kappa shape index (κ3) is 8.66. The van der Waals surface area contributed by atoms with Crippen molar-refractivity contribution in [3.63, 3.8) is 0 Å². The fraction of sp³-hybridized carbons (Fsp3) is 0.609. The van der Waals surface area contributed by atoms with Crippen LogP contribution in [0.1, 0.15) is 76.2 Å². The molecule has 0 radical (unpaired) electrons. The minimum atomic E-state index is -0.230. The van der Waals surface area contributed by atoms with E-state index in [4.69, 9.17) is 4.74 Å². The predicted octanol–water partition coefficient (Wildman–Crippen LogP) is 5.60. The van der Waals surface area contributed by atoms with Crippen LogP contribution in [0.25, 0.3) is 0 Å². The third-order valence-electron chi connectivity index (χ3n) is 4.34. The first-order chi connectivity index (χ1) is 12.4. The molecule has 0 amide bonds. The summed E-state index contributed by atoms with van der Waals surface area (Å²) in [6.07, 6.45) is 8.63. The van der Waals surface area contributed by atoms with Gasteiger partial charge in [-0.3, -0.25) is 4.90 Å². The molecule has 3 nitrogen and oxygen atoms in total. The zero-order chi connectivity index (χ0) is 19.4. The summed E-state index contributed by atoms with van der Waals surface area (Å²) in [4.78, 5) is 14.6. The largest absolute Gasteiger partial charge is 0.462 e. The van der Waals surface area contributed by atoms with Crippen LogP contribution in [0.3, 0.4) is 0 Å². The highest BCUT2D eigenvalue weighted by Crippen LogP contribution is 2.22. The third-order valence-corrected chi connectivity index (χ3v) is 4.34. The molecule has 0 aliphatic rings. The summed E-state index contributed by atoms with van der Waals surface area (Å²) in [5.74, 6) is -0.230.